The molecule has 0 aromatic heterocycles. The first-order valence-electron chi connectivity index (χ1n) is 0.548. The molecule has 0 N–H and O–H groups in total. The minimum Gasteiger partial charge on any atom is -0.356 e. The molecule has 0 saturated carbocycles. The average Bonchev–Trinajstić information content (AvgIpc) is 0.811. The van der Waals surface area contributed by atoms with E-state index in [1.165, 1.54) is 0 Å². The van der Waals surface area contributed by atoms with Gasteiger partial charge in [0.05, 0.1) is 5.09 Å². The molecule has 0 aliphatic heterocycles. The third-order valence-electron chi connectivity index (χ3n) is 0. The van der Waals surface area contributed by atoms with E-state index < -0.39 is 5.09 Å². The molecule has 0 amide bonds. The van der Waals surface area contributed by atoms with Crippen molar-refractivity contribution in [3.8, 4) is 0 Å². The van der Waals surface area contributed by atoms with Crippen molar-refractivity contribution >= 4 is 0 Å². The Kier molecular flexibility index (Phi) is 24.4. The summed E-state index contributed by atoms with van der Waals surface area (Å²) in [4.78, 5) is 8.25. The van der Waals surface area contributed by atoms with Crippen molar-refractivity contribution in [3.05, 3.63) is 15.3 Å². The molecular weight excluding hydrogens is 128 g/mol. The second kappa shape index (κ2) is 8.99. The Morgan fingerprint density at radius 1 is 1.33 bits per heavy atom. The topological polar surface area (TPSA) is 66.2 Å². The molecule has 0 atom stereocenters. The molecule has 0 radical (unpaired) electrons. The zero-order valence-electron chi connectivity index (χ0n) is 2.99. The van der Waals surface area contributed by atoms with Crippen molar-refractivity contribution in [2.45, 2.75) is 0 Å². The summed E-state index contributed by atoms with van der Waals surface area (Å²) in [5, 5.41) is 14.8. The van der Waals surface area contributed by atoms with Crippen LogP contribution in [0.15, 0.2) is 0 Å². The fourth-order valence-electron chi connectivity index (χ4n) is 0. The Morgan fingerprint density at radius 2 is 1.33 bits per heavy atom. The fourth-order valence-corrected chi connectivity index (χ4v) is 0. The van der Waals surface area contributed by atoms with Gasteiger partial charge in [-0.1, -0.05) is 0 Å². The Bertz CT molecular complexity index is 33.8. The monoisotopic (exact) mass is 127 g/mol. The van der Waals surface area contributed by atoms with E-state index >= 15 is 0 Å². The molecule has 0 aromatic rings. The van der Waals surface area contributed by atoms with Gasteiger partial charge in [0.15, 0.2) is 0 Å². The van der Waals surface area contributed by atoms with Gasteiger partial charge in [-0.05, 0) is 0 Å². The predicted octanol–water partition coefficient (Wildman–Crippen LogP) is -3.24. The van der Waals surface area contributed by atoms with Gasteiger partial charge in [-0.2, -0.15) is 0 Å². The first-order chi connectivity index (χ1) is 1.73. The Labute approximate surface area is 56.1 Å². The summed E-state index contributed by atoms with van der Waals surface area (Å²) in [6.45, 7) is 0. The molecule has 6 heteroatoms. The van der Waals surface area contributed by atoms with Gasteiger partial charge < -0.3 is 15.3 Å². The standard InChI is InChI=1S/Li.NO3.Ni/c;2-1(3)4;/q+1;-1;. The maximum absolute atomic E-state index is 8.25. The van der Waals surface area contributed by atoms with Crippen molar-refractivity contribution in [1.82, 2.24) is 0 Å². The van der Waals surface area contributed by atoms with Gasteiger partial charge >= 0.3 is 18.9 Å². The van der Waals surface area contributed by atoms with E-state index in [0.717, 1.165) is 0 Å². The molecule has 6 heavy (non-hydrogen) atoms. The van der Waals surface area contributed by atoms with Crippen molar-refractivity contribution in [2.75, 3.05) is 0 Å². The summed E-state index contributed by atoms with van der Waals surface area (Å²) in [6.07, 6.45) is 0. The van der Waals surface area contributed by atoms with Gasteiger partial charge in [-0.25, -0.2) is 0 Å². The van der Waals surface area contributed by atoms with Gasteiger partial charge in [-0.15, -0.1) is 0 Å². The SMILES string of the molecule is O=[N+]([O-])[O-].[Li+].[Ni]. The number of hydrogen-bond donors (Lipinski definition) is 0. The smallest absolute Gasteiger partial charge is 0.356 e. The van der Waals surface area contributed by atoms with Crippen molar-refractivity contribution in [2.24, 2.45) is 0 Å². The van der Waals surface area contributed by atoms with E-state index in [1.54, 1.807) is 0 Å². The first-order valence-corrected chi connectivity index (χ1v) is 0.548. The van der Waals surface area contributed by atoms with E-state index in [9.17, 15) is 0 Å². The molecule has 4 nitrogen and oxygen atoms in total. The minimum atomic E-state index is -1.75. The summed E-state index contributed by atoms with van der Waals surface area (Å²) in [5.74, 6) is 0. The molecule has 0 aliphatic rings. The van der Waals surface area contributed by atoms with Crippen molar-refractivity contribution in [1.29, 1.82) is 0 Å². The maximum Gasteiger partial charge on any atom is 1.00 e. The molecule has 34 valence electrons. The van der Waals surface area contributed by atoms with Crippen LogP contribution in [0.5, 0.6) is 0 Å². The largest absolute Gasteiger partial charge is 1.00 e. The molecule has 0 spiro atoms. The molecule has 0 fully saturated rings. The van der Waals surface area contributed by atoms with E-state index in [2.05, 4.69) is 0 Å². The zero-order chi connectivity index (χ0) is 3.58. The van der Waals surface area contributed by atoms with Crippen LogP contribution in [0.2, 0.25) is 0 Å². The van der Waals surface area contributed by atoms with Crippen LogP contribution >= 0.6 is 0 Å². The van der Waals surface area contributed by atoms with Crippen molar-refractivity contribution in [3.63, 3.8) is 0 Å². The summed E-state index contributed by atoms with van der Waals surface area (Å²) in [7, 11) is 0. The van der Waals surface area contributed by atoms with Crippen LogP contribution in [0, 0.1) is 15.3 Å². The zero-order valence-corrected chi connectivity index (χ0v) is 3.98. The maximum atomic E-state index is 8.25. The molecule has 0 unspecified atom stereocenters. The van der Waals surface area contributed by atoms with E-state index in [1.807, 2.05) is 0 Å². The fraction of sp³-hybridized carbons (Fsp3) is 0. The van der Waals surface area contributed by atoms with Gasteiger partial charge in [-0.3, -0.25) is 0 Å². The third-order valence-corrected chi connectivity index (χ3v) is 0. The van der Waals surface area contributed by atoms with Gasteiger partial charge in [0.2, 0.25) is 0 Å². The Hall–Kier alpha value is 0.291. The van der Waals surface area contributed by atoms with E-state index in [4.69, 9.17) is 15.3 Å². The second-order valence-corrected chi connectivity index (χ2v) is 0.224. The quantitative estimate of drug-likeness (QED) is 0.195. The van der Waals surface area contributed by atoms with Gasteiger partial charge in [0.25, 0.3) is 0 Å². The normalized spacial score (nSPS) is 4.00. The first kappa shape index (κ1) is 16.3. The van der Waals surface area contributed by atoms with Crippen LogP contribution in [0.4, 0.5) is 0 Å². The number of hydrogen-bond acceptors (Lipinski definition) is 3. The molecular formula is LiNNiO3. The predicted molar refractivity (Wildman–Crippen MR) is 10.4 cm³/mol. The van der Waals surface area contributed by atoms with Crippen LogP contribution in [-0.2, 0) is 16.5 Å². The van der Waals surface area contributed by atoms with Crippen molar-refractivity contribution < 1.29 is 40.4 Å². The van der Waals surface area contributed by atoms with Gasteiger partial charge in [0, 0.05) is 16.5 Å². The van der Waals surface area contributed by atoms with Gasteiger partial charge in [0.1, 0.15) is 0 Å². The Balaban J connectivity index is -0.0000000450. The number of rotatable bonds is 0. The third kappa shape index (κ3) is 549. The molecule has 0 heterocycles. The minimum absolute atomic E-state index is 0. The average molecular weight is 128 g/mol. The molecule has 0 bridgehead atoms. The number of nitrogens with zero attached hydrogens (tertiary/aromatic N) is 1. The van der Waals surface area contributed by atoms with Crippen LogP contribution in [0.3, 0.4) is 0 Å². The van der Waals surface area contributed by atoms with Crippen LogP contribution in [0.1, 0.15) is 0 Å². The summed E-state index contributed by atoms with van der Waals surface area (Å²) >= 11 is 0. The molecule has 0 rings (SSSR count). The molecule has 0 saturated heterocycles. The van der Waals surface area contributed by atoms with E-state index in [-0.39, 0.29) is 35.4 Å². The summed E-state index contributed by atoms with van der Waals surface area (Å²) in [5.41, 5.74) is 0. The van der Waals surface area contributed by atoms with E-state index in [0.29, 0.717) is 0 Å². The molecule has 0 aromatic carbocycles. The Morgan fingerprint density at radius 3 is 1.33 bits per heavy atom. The van der Waals surface area contributed by atoms with Crippen LogP contribution in [0.25, 0.3) is 0 Å². The summed E-state index contributed by atoms with van der Waals surface area (Å²) < 4.78 is 0. The molecule has 0 aliphatic carbocycles. The summed E-state index contributed by atoms with van der Waals surface area (Å²) in [6, 6.07) is 0. The van der Waals surface area contributed by atoms with Crippen LogP contribution < -0.4 is 18.9 Å². The second-order valence-electron chi connectivity index (χ2n) is 0.224. The van der Waals surface area contributed by atoms with Crippen LogP contribution in [-0.4, -0.2) is 5.09 Å².